The number of methoxy groups -OCH3 is 1. The minimum Gasteiger partial charge on any atom is -0.411 e. The van der Waals surface area contributed by atoms with Crippen LogP contribution < -0.4 is 0 Å². The van der Waals surface area contributed by atoms with Crippen LogP contribution in [0.1, 0.15) is 6.42 Å². The molecule has 0 radical (unpaired) electrons. The van der Waals surface area contributed by atoms with E-state index in [1.165, 1.54) is 0 Å². The monoisotopic (exact) mass is 155 g/mol. The number of allylic oxidation sites excluding steroid dienone is 3. The van der Waals surface area contributed by atoms with Crippen molar-refractivity contribution in [2.45, 2.75) is 6.42 Å². The first-order valence-electron chi connectivity index (χ1n) is 3.34. The van der Waals surface area contributed by atoms with Crippen LogP contribution in [0, 0.1) is 0 Å². The Morgan fingerprint density at radius 1 is 1.73 bits per heavy atom. The minimum absolute atomic E-state index is 0.556. The molecule has 0 bridgehead atoms. The summed E-state index contributed by atoms with van der Waals surface area (Å²) in [7, 11) is 1.60. The quantitative estimate of drug-likeness (QED) is 0.283. The molecule has 0 aliphatic carbocycles. The summed E-state index contributed by atoms with van der Waals surface area (Å²) in [5, 5.41) is 11.5. The van der Waals surface area contributed by atoms with Crippen molar-refractivity contribution in [2.75, 3.05) is 13.7 Å². The average molecular weight is 155 g/mol. The van der Waals surface area contributed by atoms with Crippen molar-refractivity contribution in [3.8, 4) is 0 Å². The van der Waals surface area contributed by atoms with E-state index in [1.54, 1.807) is 25.3 Å². The fraction of sp³-hybridized carbons (Fsp3) is 0.375. The predicted octanol–water partition coefficient (Wildman–Crippen LogP) is 1.60. The number of rotatable bonds is 5. The summed E-state index contributed by atoms with van der Waals surface area (Å²) in [4.78, 5) is 0. The third kappa shape index (κ3) is 5.36. The molecule has 0 rings (SSSR count). The molecule has 62 valence electrons. The smallest absolute Gasteiger partial charge is 0.0818 e. The lowest BCUT2D eigenvalue weighted by atomic mass is 10.2. The second-order valence-corrected chi connectivity index (χ2v) is 1.93. The number of oxime groups is 1. The Kier molecular flexibility index (Phi) is 6.33. The van der Waals surface area contributed by atoms with E-state index in [-0.39, 0.29) is 0 Å². The van der Waals surface area contributed by atoms with E-state index < -0.39 is 0 Å². The molecular formula is C8H13NO2. The van der Waals surface area contributed by atoms with Crippen molar-refractivity contribution < 1.29 is 9.94 Å². The predicted molar refractivity (Wildman–Crippen MR) is 45.1 cm³/mol. The molecule has 0 heterocycles. The number of ether oxygens (including phenoxy) is 1. The van der Waals surface area contributed by atoms with Gasteiger partial charge in [0, 0.05) is 13.5 Å². The summed E-state index contributed by atoms with van der Waals surface area (Å²) >= 11 is 0. The molecule has 0 aromatic heterocycles. The first-order valence-corrected chi connectivity index (χ1v) is 3.34. The van der Waals surface area contributed by atoms with Gasteiger partial charge >= 0.3 is 0 Å². The third-order valence-corrected chi connectivity index (χ3v) is 1.12. The maximum Gasteiger partial charge on any atom is 0.0818 e. The van der Waals surface area contributed by atoms with Gasteiger partial charge < -0.3 is 9.94 Å². The summed E-state index contributed by atoms with van der Waals surface area (Å²) in [6.45, 7) is 4.05. The van der Waals surface area contributed by atoms with Gasteiger partial charge in [-0.05, 0) is 6.08 Å². The third-order valence-electron chi connectivity index (χ3n) is 1.12. The standard InChI is InChI=1S/C8H13NO2/c1-3-4-5-8(9-10)6-7-11-2/h3-5,10H,1,6-7H2,2H3/b5-4-,9-8-. The zero-order chi connectivity index (χ0) is 8.53. The molecule has 0 spiro atoms. The number of hydrogen-bond donors (Lipinski definition) is 1. The topological polar surface area (TPSA) is 41.8 Å². The maximum atomic E-state index is 8.43. The Morgan fingerprint density at radius 3 is 2.91 bits per heavy atom. The average Bonchev–Trinajstić information content (AvgIpc) is 2.05. The van der Waals surface area contributed by atoms with Crippen LogP contribution in [0.3, 0.4) is 0 Å². The van der Waals surface area contributed by atoms with Crippen LogP contribution in [-0.4, -0.2) is 24.6 Å². The van der Waals surface area contributed by atoms with E-state index in [4.69, 9.17) is 9.94 Å². The zero-order valence-electron chi connectivity index (χ0n) is 6.66. The van der Waals surface area contributed by atoms with Crippen LogP contribution in [0.15, 0.2) is 30.0 Å². The van der Waals surface area contributed by atoms with Gasteiger partial charge in [0.05, 0.1) is 12.3 Å². The lowest BCUT2D eigenvalue weighted by Crippen LogP contribution is -1.99. The molecule has 0 aliphatic rings. The van der Waals surface area contributed by atoms with E-state index in [0.29, 0.717) is 18.7 Å². The van der Waals surface area contributed by atoms with Crippen LogP contribution in [-0.2, 0) is 4.74 Å². The largest absolute Gasteiger partial charge is 0.411 e. The van der Waals surface area contributed by atoms with Crippen molar-refractivity contribution >= 4 is 5.71 Å². The van der Waals surface area contributed by atoms with Gasteiger partial charge in [0.1, 0.15) is 0 Å². The molecule has 0 aliphatic heterocycles. The van der Waals surface area contributed by atoms with E-state index in [2.05, 4.69) is 11.7 Å². The highest BCUT2D eigenvalue weighted by Crippen LogP contribution is 1.89. The first kappa shape index (κ1) is 9.91. The van der Waals surface area contributed by atoms with Crippen LogP contribution in [0.2, 0.25) is 0 Å². The second kappa shape index (κ2) is 7.02. The van der Waals surface area contributed by atoms with E-state index >= 15 is 0 Å². The summed E-state index contributed by atoms with van der Waals surface area (Å²) in [5.41, 5.74) is 0.590. The summed E-state index contributed by atoms with van der Waals surface area (Å²) < 4.78 is 4.80. The maximum absolute atomic E-state index is 8.43. The molecule has 3 heteroatoms. The van der Waals surface area contributed by atoms with Crippen molar-refractivity contribution in [3.63, 3.8) is 0 Å². The number of nitrogens with zero attached hydrogens (tertiary/aromatic N) is 1. The highest BCUT2D eigenvalue weighted by molar-refractivity contribution is 5.94. The molecule has 1 N–H and O–H groups in total. The molecule has 3 nitrogen and oxygen atoms in total. The van der Waals surface area contributed by atoms with Crippen molar-refractivity contribution in [2.24, 2.45) is 5.16 Å². The van der Waals surface area contributed by atoms with Gasteiger partial charge in [0.2, 0.25) is 0 Å². The molecular weight excluding hydrogens is 142 g/mol. The van der Waals surface area contributed by atoms with Crippen LogP contribution in [0.25, 0.3) is 0 Å². The van der Waals surface area contributed by atoms with Crippen LogP contribution in [0.4, 0.5) is 0 Å². The van der Waals surface area contributed by atoms with Crippen molar-refractivity contribution in [3.05, 3.63) is 24.8 Å². The summed E-state index contributed by atoms with van der Waals surface area (Å²) in [6.07, 6.45) is 5.63. The van der Waals surface area contributed by atoms with Crippen LogP contribution >= 0.6 is 0 Å². The Labute approximate surface area is 66.7 Å². The highest BCUT2D eigenvalue weighted by Gasteiger charge is 1.92. The minimum atomic E-state index is 0.556. The van der Waals surface area contributed by atoms with Gasteiger partial charge in [-0.2, -0.15) is 0 Å². The highest BCUT2D eigenvalue weighted by atomic mass is 16.5. The molecule has 0 aromatic carbocycles. The van der Waals surface area contributed by atoms with Gasteiger partial charge in [-0.3, -0.25) is 0 Å². The molecule has 0 amide bonds. The Bertz CT molecular complexity index is 161. The SMILES string of the molecule is C=C/C=C\C(CCOC)=N\O. The lowest BCUT2D eigenvalue weighted by molar-refractivity contribution is 0.206. The molecule has 0 aromatic rings. The first-order chi connectivity index (χ1) is 5.35. The molecule has 0 atom stereocenters. The fourth-order valence-corrected chi connectivity index (χ4v) is 0.552. The fourth-order valence-electron chi connectivity index (χ4n) is 0.552. The van der Waals surface area contributed by atoms with E-state index in [9.17, 15) is 0 Å². The number of hydrogen-bond acceptors (Lipinski definition) is 3. The van der Waals surface area contributed by atoms with Crippen molar-refractivity contribution in [1.29, 1.82) is 0 Å². The Hall–Kier alpha value is -1.09. The van der Waals surface area contributed by atoms with E-state index in [0.717, 1.165) is 0 Å². The Balaban J connectivity index is 3.77. The normalized spacial score (nSPS) is 12.3. The molecule has 0 fully saturated rings. The zero-order valence-corrected chi connectivity index (χ0v) is 6.66. The second-order valence-electron chi connectivity index (χ2n) is 1.93. The molecule has 0 saturated carbocycles. The van der Waals surface area contributed by atoms with Crippen molar-refractivity contribution in [1.82, 2.24) is 0 Å². The van der Waals surface area contributed by atoms with Gasteiger partial charge in [0.15, 0.2) is 0 Å². The van der Waals surface area contributed by atoms with E-state index in [1.807, 2.05) is 0 Å². The van der Waals surface area contributed by atoms with Gasteiger partial charge in [-0.25, -0.2) is 0 Å². The lowest BCUT2D eigenvalue weighted by Gasteiger charge is -1.95. The van der Waals surface area contributed by atoms with Crippen LogP contribution in [0.5, 0.6) is 0 Å². The Morgan fingerprint density at radius 2 is 2.45 bits per heavy atom. The summed E-state index contributed by atoms with van der Waals surface area (Å²) in [5.74, 6) is 0. The molecule has 11 heavy (non-hydrogen) atoms. The van der Waals surface area contributed by atoms with Gasteiger partial charge in [-0.15, -0.1) is 0 Å². The van der Waals surface area contributed by atoms with Gasteiger partial charge in [-0.1, -0.05) is 23.9 Å². The molecule has 0 saturated heterocycles. The summed E-state index contributed by atoms with van der Waals surface area (Å²) in [6, 6.07) is 0. The van der Waals surface area contributed by atoms with Gasteiger partial charge in [0.25, 0.3) is 0 Å². The molecule has 0 unspecified atom stereocenters.